The minimum absolute atomic E-state index is 0.0406. The van der Waals surface area contributed by atoms with E-state index in [0.717, 1.165) is 25.9 Å². The van der Waals surface area contributed by atoms with Gasteiger partial charge in [-0.05, 0) is 31.9 Å². The molecular formula is C18H26N2O3. The van der Waals surface area contributed by atoms with Crippen LogP contribution < -0.4 is 5.32 Å². The summed E-state index contributed by atoms with van der Waals surface area (Å²) in [4.78, 5) is 26.3. The Kier molecular flexibility index (Phi) is 6.91. The van der Waals surface area contributed by atoms with E-state index in [2.05, 4.69) is 5.32 Å². The lowest BCUT2D eigenvalue weighted by Gasteiger charge is -2.25. The Morgan fingerprint density at radius 3 is 2.43 bits per heavy atom. The van der Waals surface area contributed by atoms with Crippen molar-refractivity contribution in [3.63, 3.8) is 0 Å². The molecule has 0 radical (unpaired) electrons. The topological polar surface area (TPSA) is 58.6 Å². The first-order valence-electron chi connectivity index (χ1n) is 8.50. The summed E-state index contributed by atoms with van der Waals surface area (Å²) in [5.41, 5.74) is 1.31. The number of benzene rings is 1. The molecular weight excluding hydrogens is 292 g/mol. The van der Waals surface area contributed by atoms with E-state index in [9.17, 15) is 9.59 Å². The van der Waals surface area contributed by atoms with E-state index >= 15 is 0 Å². The average Bonchev–Trinajstić information content (AvgIpc) is 2.53. The summed E-state index contributed by atoms with van der Waals surface area (Å²) in [6.45, 7) is 3.82. The van der Waals surface area contributed by atoms with E-state index in [0.29, 0.717) is 17.9 Å². The van der Waals surface area contributed by atoms with Gasteiger partial charge in [0, 0.05) is 18.8 Å². The molecule has 1 aromatic carbocycles. The van der Waals surface area contributed by atoms with Crippen LogP contribution in [0.4, 0.5) is 5.69 Å². The zero-order valence-electron chi connectivity index (χ0n) is 13.8. The summed E-state index contributed by atoms with van der Waals surface area (Å²) in [6.07, 6.45) is 5.76. The van der Waals surface area contributed by atoms with Gasteiger partial charge in [0.15, 0.2) is 0 Å². The third-order valence-electron chi connectivity index (χ3n) is 4.03. The molecule has 0 saturated carbocycles. The standard InChI is InChI=1S/C18H26N2O3/c1-2-23-17(21)14-19-16-11-7-6-10-15(16)18(22)20-12-8-4-3-5-9-13-20/h6-7,10-11,19H,2-5,8-9,12-14H2,1H3. The van der Waals surface area contributed by atoms with Crippen LogP contribution in [0, 0.1) is 0 Å². The monoisotopic (exact) mass is 318 g/mol. The highest BCUT2D eigenvalue weighted by Gasteiger charge is 2.19. The fraction of sp³-hybridized carbons (Fsp3) is 0.556. The predicted octanol–water partition coefficient (Wildman–Crippen LogP) is 3.07. The first-order valence-corrected chi connectivity index (χ1v) is 8.50. The Balaban J connectivity index is 2.05. The zero-order valence-corrected chi connectivity index (χ0v) is 13.8. The number of likely N-dealkylation sites (tertiary alicyclic amines) is 1. The molecule has 5 heteroatoms. The van der Waals surface area contributed by atoms with E-state index < -0.39 is 0 Å². The number of nitrogens with zero attached hydrogens (tertiary/aromatic N) is 1. The van der Waals surface area contributed by atoms with Crippen LogP contribution in [0.2, 0.25) is 0 Å². The normalized spacial score (nSPS) is 15.4. The molecule has 126 valence electrons. The Morgan fingerprint density at radius 1 is 1.09 bits per heavy atom. The molecule has 0 unspecified atom stereocenters. The van der Waals surface area contributed by atoms with E-state index in [1.165, 1.54) is 19.3 Å². The van der Waals surface area contributed by atoms with Crippen LogP contribution in [0.3, 0.4) is 0 Å². The highest BCUT2D eigenvalue weighted by atomic mass is 16.5. The first-order chi connectivity index (χ1) is 11.2. The highest BCUT2D eigenvalue weighted by molar-refractivity contribution is 6.00. The fourth-order valence-electron chi connectivity index (χ4n) is 2.82. The molecule has 0 spiro atoms. The Morgan fingerprint density at radius 2 is 1.74 bits per heavy atom. The molecule has 0 bridgehead atoms. The van der Waals surface area contributed by atoms with Crippen molar-refractivity contribution in [2.75, 3.05) is 31.6 Å². The number of hydrogen-bond acceptors (Lipinski definition) is 4. The number of ether oxygens (including phenoxy) is 1. The number of carbonyl (C=O) groups is 2. The number of carbonyl (C=O) groups excluding carboxylic acids is 2. The average molecular weight is 318 g/mol. The summed E-state index contributed by atoms with van der Waals surface area (Å²) in [5.74, 6) is -0.278. The number of para-hydroxylation sites is 1. The molecule has 1 aromatic rings. The molecule has 23 heavy (non-hydrogen) atoms. The van der Waals surface area contributed by atoms with Crippen LogP contribution in [-0.4, -0.2) is 43.0 Å². The molecule has 1 saturated heterocycles. The van der Waals surface area contributed by atoms with Crippen LogP contribution in [-0.2, 0) is 9.53 Å². The Bertz CT molecular complexity index is 523. The molecule has 1 amide bonds. The smallest absolute Gasteiger partial charge is 0.325 e. The summed E-state index contributed by atoms with van der Waals surface area (Å²) in [7, 11) is 0. The summed E-state index contributed by atoms with van der Waals surface area (Å²) in [5, 5.41) is 3.02. The van der Waals surface area contributed by atoms with Crippen LogP contribution in [0.1, 0.15) is 49.4 Å². The van der Waals surface area contributed by atoms with Crippen molar-refractivity contribution in [2.45, 2.75) is 39.0 Å². The van der Waals surface area contributed by atoms with Gasteiger partial charge in [-0.15, -0.1) is 0 Å². The van der Waals surface area contributed by atoms with Crippen molar-refractivity contribution in [2.24, 2.45) is 0 Å². The summed E-state index contributed by atoms with van der Waals surface area (Å²) < 4.78 is 4.91. The van der Waals surface area contributed by atoms with Gasteiger partial charge in [-0.2, -0.15) is 0 Å². The molecule has 2 rings (SSSR count). The Hall–Kier alpha value is -2.04. The van der Waals surface area contributed by atoms with E-state index in [4.69, 9.17) is 4.74 Å². The first kappa shape index (κ1) is 17.3. The van der Waals surface area contributed by atoms with Crippen molar-refractivity contribution in [1.82, 2.24) is 4.90 Å². The number of esters is 1. The summed E-state index contributed by atoms with van der Waals surface area (Å²) >= 11 is 0. The lowest BCUT2D eigenvalue weighted by Crippen LogP contribution is -2.34. The predicted molar refractivity (Wildman–Crippen MR) is 90.6 cm³/mol. The van der Waals surface area contributed by atoms with Gasteiger partial charge in [0.1, 0.15) is 6.54 Å². The van der Waals surface area contributed by atoms with E-state index in [1.54, 1.807) is 6.92 Å². The van der Waals surface area contributed by atoms with E-state index in [-0.39, 0.29) is 18.4 Å². The molecule has 1 fully saturated rings. The van der Waals surface area contributed by atoms with Crippen LogP contribution in [0.15, 0.2) is 24.3 Å². The van der Waals surface area contributed by atoms with Gasteiger partial charge in [-0.1, -0.05) is 31.4 Å². The number of amides is 1. The summed E-state index contributed by atoms with van der Waals surface area (Å²) in [6, 6.07) is 7.36. The number of anilines is 1. The zero-order chi connectivity index (χ0) is 16.5. The molecule has 0 atom stereocenters. The van der Waals surface area contributed by atoms with Crippen LogP contribution in [0.25, 0.3) is 0 Å². The minimum Gasteiger partial charge on any atom is -0.465 e. The van der Waals surface area contributed by atoms with Gasteiger partial charge < -0.3 is 15.0 Å². The SMILES string of the molecule is CCOC(=O)CNc1ccccc1C(=O)N1CCCCCCC1. The van der Waals surface area contributed by atoms with Gasteiger partial charge in [0.05, 0.1) is 12.2 Å². The third kappa shape index (κ3) is 5.27. The Labute approximate surface area is 138 Å². The highest BCUT2D eigenvalue weighted by Crippen LogP contribution is 2.19. The van der Waals surface area contributed by atoms with E-state index in [1.807, 2.05) is 29.2 Å². The fourth-order valence-corrected chi connectivity index (χ4v) is 2.82. The van der Waals surface area contributed by atoms with Crippen molar-refractivity contribution >= 4 is 17.6 Å². The molecule has 5 nitrogen and oxygen atoms in total. The lowest BCUT2D eigenvalue weighted by molar-refractivity contribution is -0.140. The lowest BCUT2D eigenvalue weighted by atomic mass is 10.1. The molecule has 1 aliphatic rings. The molecule has 0 aromatic heterocycles. The second-order valence-electron chi connectivity index (χ2n) is 5.76. The third-order valence-corrected chi connectivity index (χ3v) is 4.03. The quantitative estimate of drug-likeness (QED) is 0.848. The van der Waals surface area contributed by atoms with Gasteiger partial charge in [0.25, 0.3) is 5.91 Å². The van der Waals surface area contributed by atoms with Gasteiger partial charge in [-0.3, -0.25) is 9.59 Å². The van der Waals surface area contributed by atoms with Crippen molar-refractivity contribution < 1.29 is 14.3 Å². The second kappa shape index (κ2) is 9.18. The molecule has 0 aliphatic carbocycles. The second-order valence-corrected chi connectivity index (χ2v) is 5.76. The maximum Gasteiger partial charge on any atom is 0.325 e. The number of nitrogens with one attached hydrogen (secondary N) is 1. The van der Waals surface area contributed by atoms with Crippen LogP contribution in [0.5, 0.6) is 0 Å². The molecule has 1 aliphatic heterocycles. The minimum atomic E-state index is -0.319. The maximum atomic E-state index is 12.8. The largest absolute Gasteiger partial charge is 0.465 e. The van der Waals surface area contributed by atoms with Crippen LogP contribution >= 0.6 is 0 Å². The molecule has 1 N–H and O–H groups in total. The van der Waals surface area contributed by atoms with Crippen molar-refractivity contribution in [1.29, 1.82) is 0 Å². The number of hydrogen-bond donors (Lipinski definition) is 1. The molecule has 1 heterocycles. The van der Waals surface area contributed by atoms with Gasteiger partial charge >= 0.3 is 5.97 Å². The van der Waals surface area contributed by atoms with Crippen molar-refractivity contribution in [3.8, 4) is 0 Å². The van der Waals surface area contributed by atoms with Crippen molar-refractivity contribution in [3.05, 3.63) is 29.8 Å². The maximum absolute atomic E-state index is 12.8. The van der Waals surface area contributed by atoms with Gasteiger partial charge in [-0.25, -0.2) is 0 Å². The number of rotatable bonds is 5. The van der Waals surface area contributed by atoms with Gasteiger partial charge in [0.2, 0.25) is 0 Å².